The molecule has 1 saturated carbocycles. The third-order valence-corrected chi connectivity index (χ3v) is 4.57. The van der Waals surface area contributed by atoms with Gasteiger partial charge in [-0.3, -0.25) is 4.79 Å². The van der Waals surface area contributed by atoms with Gasteiger partial charge in [-0.1, -0.05) is 19.8 Å². The highest BCUT2D eigenvalue weighted by Gasteiger charge is 2.23. The molecule has 1 N–H and O–H groups in total. The molecule has 3 rings (SSSR count). The van der Waals surface area contributed by atoms with Crippen molar-refractivity contribution >= 4 is 11.9 Å². The first-order chi connectivity index (χ1) is 11.6. The van der Waals surface area contributed by atoms with Crippen LogP contribution in [0.3, 0.4) is 0 Å². The van der Waals surface area contributed by atoms with Crippen molar-refractivity contribution in [3.05, 3.63) is 23.8 Å². The van der Waals surface area contributed by atoms with Crippen LogP contribution in [0.5, 0.6) is 11.5 Å². The summed E-state index contributed by atoms with van der Waals surface area (Å²) in [6, 6.07) is 5.04. The SMILES string of the molecule is C[C@@H]1CCCC[C@H]1NC(=O)COC(=O)c1ccc2c(c1)OCCO2. The zero-order chi connectivity index (χ0) is 16.9. The van der Waals surface area contributed by atoms with Gasteiger partial charge in [0.15, 0.2) is 18.1 Å². The fourth-order valence-corrected chi connectivity index (χ4v) is 3.16. The second-order valence-electron chi connectivity index (χ2n) is 6.37. The summed E-state index contributed by atoms with van der Waals surface area (Å²) in [6.07, 6.45) is 4.46. The van der Waals surface area contributed by atoms with E-state index in [1.54, 1.807) is 18.2 Å². The number of fused-ring (bicyclic) bond motifs is 1. The Morgan fingerprint density at radius 3 is 2.71 bits per heavy atom. The van der Waals surface area contributed by atoms with E-state index in [9.17, 15) is 9.59 Å². The lowest BCUT2D eigenvalue weighted by atomic mass is 9.86. The number of ether oxygens (including phenoxy) is 3. The quantitative estimate of drug-likeness (QED) is 0.856. The lowest BCUT2D eigenvalue weighted by Crippen LogP contribution is -2.42. The van der Waals surface area contributed by atoms with Crippen LogP contribution in [-0.2, 0) is 9.53 Å². The predicted octanol–water partition coefficient (Wildman–Crippen LogP) is 2.31. The van der Waals surface area contributed by atoms with Crippen LogP contribution in [0.25, 0.3) is 0 Å². The van der Waals surface area contributed by atoms with E-state index in [1.807, 2.05) is 0 Å². The monoisotopic (exact) mass is 333 g/mol. The number of amides is 1. The molecule has 24 heavy (non-hydrogen) atoms. The predicted molar refractivity (Wildman–Crippen MR) is 87.3 cm³/mol. The van der Waals surface area contributed by atoms with Gasteiger partial charge in [-0.15, -0.1) is 0 Å². The van der Waals surface area contributed by atoms with Gasteiger partial charge >= 0.3 is 5.97 Å². The van der Waals surface area contributed by atoms with Gasteiger partial charge in [-0.05, 0) is 37.0 Å². The third kappa shape index (κ3) is 3.99. The minimum Gasteiger partial charge on any atom is -0.486 e. The van der Waals surface area contributed by atoms with Gasteiger partial charge in [-0.2, -0.15) is 0 Å². The molecule has 6 heteroatoms. The van der Waals surface area contributed by atoms with E-state index in [1.165, 1.54) is 6.42 Å². The molecule has 0 radical (unpaired) electrons. The van der Waals surface area contributed by atoms with E-state index < -0.39 is 5.97 Å². The molecule has 1 aliphatic carbocycles. The maximum Gasteiger partial charge on any atom is 0.338 e. The normalized spacial score (nSPS) is 22.5. The Hall–Kier alpha value is -2.24. The lowest BCUT2D eigenvalue weighted by Gasteiger charge is -2.29. The zero-order valence-electron chi connectivity index (χ0n) is 13.9. The first-order valence-corrected chi connectivity index (χ1v) is 8.49. The average Bonchev–Trinajstić information content (AvgIpc) is 2.61. The van der Waals surface area contributed by atoms with Crippen molar-refractivity contribution in [1.29, 1.82) is 0 Å². The number of esters is 1. The average molecular weight is 333 g/mol. The summed E-state index contributed by atoms with van der Waals surface area (Å²) in [5.74, 6) is 0.813. The standard InChI is InChI=1S/C18H23NO5/c1-12-4-2-3-5-14(12)19-17(20)11-24-18(21)13-6-7-15-16(10-13)23-9-8-22-15/h6-7,10,12,14H,2-5,8-9,11H2,1H3,(H,19,20)/t12-,14-/m1/s1. The van der Waals surface area contributed by atoms with Crippen LogP contribution in [-0.4, -0.2) is 37.7 Å². The van der Waals surface area contributed by atoms with Gasteiger partial charge in [0.1, 0.15) is 13.2 Å². The summed E-state index contributed by atoms with van der Waals surface area (Å²) in [6.45, 7) is 2.83. The highest BCUT2D eigenvalue weighted by molar-refractivity contribution is 5.92. The molecule has 2 atom stereocenters. The number of carbonyl (C=O) groups excluding carboxylic acids is 2. The second kappa shape index (κ2) is 7.55. The summed E-state index contributed by atoms with van der Waals surface area (Å²) >= 11 is 0. The molecule has 1 aromatic carbocycles. The van der Waals surface area contributed by atoms with Crippen molar-refractivity contribution in [2.45, 2.75) is 38.6 Å². The van der Waals surface area contributed by atoms with Gasteiger partial charge in [0.2, 0.25) is 0 Å². The van der Waals surface area contributed by atoms with Crippen molar-refractivity contribution < 1.29 is 23.8 Å². The summed E-state index contributed by atoms with van der Waals surface area (Å²) in [4.78, 5) is 24.1. The van der Waals surface area contributed by atoms with Crippen LogP contribution < -0.4 is 14.8 Å². The van der Waals surface area contributed by atoms with Gasteiger partial charge in [-0.25, -0.2) is 4.79 Å². The molecule has 1 aromatic rings. The number of hydrogen-bond donors (Lipinski definition) is 1. The van der Waals surface area contributed by atoms with E-state index in [-0.39, 0.29) is 18.6 Å². The summed E-state index contributed by atoms with van der Waals surface area (Å²) < 4.78 is 16.0. The van der Waals surface area contributed by atoms with Crippen LogP contribution >= 0.6 is 0 Å². The molecule has 0 saturated heterocycles. The van der Waals surface area contributed by atoms with Crippen molar-refractivity contribution in [2.24, 2.45) is 5.92 Å². The van der Waals surface area contributed by atoms with E-state index in [0.29, 0.717) is 36.2 Å². The van der Waals surface area contributed by atoms with Crippen molar-refractivity contribution in [2.75, 3.05) is 19.8 Å². The van der Waals surface area contributed by atoms with E-state index in [4.69, 9.17) is 14.2 Å². The highest BCUT2D eigenvalue weighted by Crippen LogP contribution is 2.31. The second-order valence-corrected chi connectivity index (χ2v) is 6.37. The Kier molecular flexibility index (Phi) is 5.23. The number of hydrogen-bond acceptors (Lipinski definition) is 5. The van der Waals surface area contributed by atoms with E-state index in [2.05, 4.69) is 12.2 Å². The van der Waals surface area contributed by atoms with Gasteiger partial charge in [0.05, 0.1) is 5.56 Å². The summed E-state index contributed by atoms with van der Waals surface area (Å²) in [7, 11) is 0. The number of nitrogens with one attached hydrogen (secondary N) is 1. The van der Waals surface area contributed by atoms with Crippen LogP contribution in [0.4, 0.5) is 0 Å². The molecule has 0 bridgehead atoms. The number of benzene rings is 1. The number of rotatable bonds is 4. The smallest absolute Gasteiger partial charge is 0.338 e. The molecular formula is C18H23NO5. The van der Waals surface area contributed by atoms with Crippen molar-refractivity contribution in [1.82, 2.24) is 5.32 Å². The van der Waals surface area contributed by atoms with Gasteiger partial charge in [0.25, 0.3) is 5.91 Å². The molecule has 1 heterocycles. The molecule has 130 valence electrons. The minimum absolute atomic E-state index is 0.180. The molecule has 0 unspecified atom stereocenters. The van der Waals surface area contributed by atoms with Gasteiger partial charge in [0, 0.05) is 6.04 Å². The van der Waals surface area contributed by atoms with Crippen molar-refractivity contribution in [3.63, 3.8) is 0 Å². The molecule has 0 aromatic heterocycles. The van der Waals surface area contributed by atoms with E-state index in [0.717, 1.165) is 19.3 Å². The van der Waals surface area contributed by atoms with Crippen LogP contribution in [0.15, 0.2) is 18.2 Å². The fraction of sp³-hybridized carbons (Fsp3) is 0.556. The topological polar surface area (TPSA) is 73.9 Å². The van der Waals surface area contributed by atoms with E-state index >= 15 is 0 Å². The molecular weight excluding hydrogens is 310 g/mol. The Bertz CT molecular complexity index is 615. The molecule has 2 aliphatic rings. The molecule has 1 fully saturated rings. The maximum atomic E-state index is 12.1. The minimum atomic E-state index is -0.543. The largest absolute Gasteiger partial charge is 0.486 e. The first kappa shape index (κ1) is 16.6. The maximum absolute atomic E-state index is 12.1. The molecule has 1 amide bonds. The first-order valence-electron chi connectivity index (χ1n) is 8.49. The lowest BCUT2D eigenvalue weighted by molar-refractivity contribution is -0.125. The van der Waals surface area contributed by atoms with Crippen LogP contribution in [0, 0.1) is 5.92 Å². The molecule has 6 nitrogen and oxygen atoms in total. The number of carbonyl (C=O) groups is 2. The van der Waals surface area contributed by atoms with Crippen LogP contribution in [0.2, 0.25) is 0 Å². The van der Waals surface area contributed by atoms with Gasteiger partial charge < -0.3 is 19.5 Å². The third-order valence-electron chi connectivity index (χ3n) is 4.57. The van der Waals surface area contributed by atoms with Crippen molar-refractivity contribution in [3.8, 4) is 11.5 Å². The summed E-state index contributed by atoms with van der Waals surface area (Å²) in [5.41, 5.74) is 0.345. The zero-order valence-corrected chi connectivity index (χ0v) is 13.9. The Morgan fingerprint density at radius 2 is 1.92 bits per heavy atom. The van der Waals surface area contributed by atoms with Crippen LogP contribution in [0.1, 0.15) is 43.0 Å². The Labute approximate surface area is 141 Å². The molecule has 0 spiro atoms. The summed E-state index contributed by atoms with van der Waals surface area (Å²) in [5, 5.41) is 2.96. The Morgan fingerprint density at radius 1 is 1.17 bits per heavy atom. The highest BCUT2D eigenvalue weighted by atomic mass is 16.6. The molecule has 1 aliphatic heterocycles. The Balaban J connectivity index is 1.50. The fourth-order valence-electron chi connectivity index (χ4n) is 3.16.